The van der Waals surface area contributed by atoms with E-state index in [0.29, 0.717) is 18.4 Å². The van der Waals surface area contributed by atoms with E-state index in [1.807, 2.05) is 31.2 Å². The number of pyridine rings is 1. The van der Waals surface area contributed by atoms with E-state index in [1.165, 1.54) is 6.20 Å². The lowest BCUT2D eigenvalue weighted by Crippen LogP contribution is -2.42. The van der Waals surface area contributed by atoms with Crippen LogP contribution in [0.3, 0.4) is 0 Å². The van der Waals surface area contributed by atoms with Crippen molar-refractivity contribution in [3.63, 3.8) is 0 Å². The lowest BCUT2D eigenvalue weighted by molar-refractivity contribution is -0.0429. The Hall–Kier alpha value is -2.30. The third-order valence-corrected chi connectivity index (χ3v) is 4.36. The molecule has 3 nitrogen and oxygen atoms in total. The first-order valence-corrected chi connectivity index (χ1v) is 8.14. The predicted octanol–water partition coefficient (Wildman–Crippen LogP) is 4.36. The molecule has 1 aliphatic rings. The molecule has 1 aliphatic carbocycles. The van der Waals surface area contributed by atoms with Crippen LogP contribution in [0.1, 0.15) is 41.6 Å². The van der Waals surface area contributed by atoms with E-state index >= 15 is 0 Å². The number of aromatic nitrogens is 1. The minimum Gasteiger partial charge on any atom is -0.349 e. The van der Waals surface area contributed by atoms with E-state index in [4.69, 9.17) is 0 Å². The van der Waals surface area contributed by atoms with Gasteiger partial charge in [-0.05, 0) is 31.4 Å². The molecule has 0 aliphatic heterocycles. The van der Waals surface area contributed by atoms with E-state index in [1.54, 1.807) is 12.3 Å². The Morgan fingerprint density at radius 3 is 2.67 bits per heavy atom. The normalized spacial score (nSPS) is 19.7. The summed E-state index contributed by atoms with van der Waals surface area (Å²) in [7, 11) is 0. The van der Waals surface area contributed by atoms with Crippen molar-refractivity contribution in [2.75, 3.05) is 0 Å². The molecule has 0 spiro atoms. The lowest BCUT2D eigenvalue weighted by Gasteiger charge is -2.29. The van der Waals surface area contributed by atoms with Crippen LogP contribution in [0.15, 0.2) is 42.7 Å². The second-order valence-corrected chi connectivity index (χ2v) is 6.45. The van der Waals surface area contributed by atoms with Gasteiger partial charge < -0.3 is 5.32 Å². The summed E-state index contributed by atoms with van der Waals surface area (Å²) in [6.07, 6.45) is 3.80. The van der Waals surface area contributed by atoms with Crippen LogP contribution in [-0.2, 0) is 0 Å². The topological polar surface area (TPSA) is 42.0 Å². The van der Waals surface area contributed by atoms with Crippen LogP contribution >= 0.6 is 0 Å². The Morgan fingerprint density at radius 1 is 1.21 bits per heavy atom. The molecular weight excluding hydrogens is 310 g/mol. The molecule has 1 fully saturated rings. The maximum Gasteiger partial charge on any atom is 0.253 e. The number of hydrogen-bond donors (Lipinski definition) is 1. The van der Waals surface area contributed by atoms with Crippen molar-refractivity contribution >= 4 is 5.91 Å². The van der Waals surface area contributed by atoms with Gasteiger partial charge in [-0.15, -0.1) is 0 Å². The SMILES string of the molecule is Cc1ccc(-c2cncc(C(=O)NC3CCCC(F)(F)C3)c2)cc1. The number of aryl methyl sites for hydroxylation is 1. The first-order chi connectivity index (χ1) is 11.4. The second-order valence-electron chi connectivity index (χ2n) is 6.45. The Balaban J connectivity index is 1.73. The van der Waals surface area contributed by atoms with Crippen molar-refractivity contribution < 1.29 is 13.6 Å². The highest BCUT2D eigenvalue weighted by molar-refractivity contribution is 5.95. The highest BCUT2D eigenvalue weighted by atomic mass is 19.3. The van der Waals surface area contributed by atoms with Crippen molar-refractivity contribution in [2.24, 2.45) is 0 Å². The highest BCUT2D eigenvalue weighted by Gasteiger charge is 2.36. The Morgan fingerprint density at radius 2 is 1.96 bits per heavy atom. The highest BCUT2D eigenvalue weighted by Crippen LogP contribution is 2.33. The van der Waals surface area contributed by atoms with Gasteiger partial charge in [-0.25, -0.2) is 8.78 Å². The summed E-state index contributed by atoms with van der Waals surface area (Å²) in [6, 6.07) is 9.18. The molecule has 0 radical (unpaired) electrons. The summed E-state index contributed by atoms with van der Waals surface area (Å²) in [5.41, 5.74) is 3.34. The number of benzene rings is 1. The second kappa shape index (κ2) is 6.67. The van der Waals surface area contributed by atoms with Crippen molar-refractivity contribution in [2.45, 2.75) is 44.6 Å². The standard InChI is InChI=1S/C19H20F2N2O/c1-13-4-6-14(7-5-13)15-9-16(12-22-11-15)18(24)23-17-3-2-8-19(20,21)10-17/h4-7,9,11-12,17H,2-3,8,10H2,1H3,(H,23,24). The number of nitrogens with zero attached hydrogens (tertiary/aromatic N) is 1. The summed E-state index contributed by atoms with van der Waals surface area (Å²) in [5.74, 6) is -3.03. The number of amides is 1. The van der Waals surface area contributed by atoms with Crippen LogP contribution in [0.5, 0.6) is 0 Å². The zero-order chi connectivity index (χ0) is 17.2. The van der Waals surface area contributed by atoms with Crippen molar-refractivity contribution in [1.29, 1.82) is 0 Å². The third kappa shape index (κ3) is 3.96. The molecule has 1 saturated carbocycles. The number of hydrogen-bond acceptors (Lipinski definition) is 2. The van der Waals surface area contributed by atoms with E-state index in [0.717, 1.165) is 16.7 Å². The van der Waals surface area contributed by atoms with Gasteiger partial charge in [0.2, 0.25) is 5.92 Å². The summed E-state index contributed by atoms with van der Waals surface area (Å²) >= 11 is 0. The minimum atomic E-state index is -2.68. The molecule has 1 N–H and O–H groups in total. The zero-order valence-electron chi connectivity index (χ0n) is 13.6. The van der Waals surface area contributed by atoms with Crippen molar-refractivity contribution in [1.82, 2.24) is 10.3 Å². The molecule has 1 heterocycles. The molecule has 2 aromatic rings. The monoisotopic (exact) mass is 330 g/mol. The molecule has 0 bridgehead atoms. The Labute approximate surface area is 140 Å². The van der Waals surface area contributed by atoms with E-state index in [2.05, 4.69) is 10.3 Å². The summed E-state index contributed by atoms with van der Waals surface area (Å²) in [5, 5.41) is 2.72. The third-order valence-electron chi connectivity index (χ3n) is 4.36. The fourth-order valence-electron chi connectivity index (χ4n) is 3.03. The minimum absolute atomic E-state index is 0.0934. The quantitative estimate of drug-likeness (QED) is 0.908. The predicted molar refractivity (Wildman–Crippen MR) is 89.1 cm³/mol. The molecule has 1 atom stereocenters. The molecule has 3 rings (SSSR count). The fraction of sp³-hybridized carbons (Fsp3) is 0.368. The molecule has 24 heavy (non-hydrogen) atoms. The molecule has 1 unspecified atom stereocenters. The van der Waals surface area contributed by atoms with Gasteiger partial charge in [-0.2, -0.15) is 0 Å². The molecule has 1 amide bonds. The first-order valence-electron chi connectivity index (χ1n) is 8.14. The average Bonchev–Trinajstić information content (AvgIpc) is 2.55. The van der Waals surface area contributed by atoms with Gasteiger partial charge in [0.05, 0.1) is 5.56 Å². The molecule has 126 valence electrons. The summed E-state index contributed by atoms with van der Waals surface area (Å²) < 4.78 is 26.9. The molecule has 1 aromatic heterocycles. The Kier molecular flexibility index (Phi) is 4.60. The number of nitrogens with one attached hydrogen (secondary N) is 1. The van der Waals surface area contributed by atoms with Crippen LogP contribution in [0.25, 0.3) is 11.1 Å². The fourth-order valence-corrected chi connectivity index (χ4v) is 3.03. The van der Waals surface area contributed by atoms with Gasteiger partial charge >= 0.3 is 0 Å². The van der Waals surface area contributed by atoms with E-state index in [-0.39, 0.29) is 18.7 Å². The van der Waals surface area contributed by atoms with Gasteiger partial charge in [-0.1, -0.05) is 29.8 Å². The largest absolute Gasteiger partial charge is 0.349 e. The molecule has 5 heteroatoms. The van der Waals surface area contributed by atoms with E-state index < -0.39 is 12.0 Å². The molecule has 0 saturated heterocycles. The van der Waals surface area contributed by atoms with Gasteiger partial charge in [0.25, 0.3) is 5.91 Å². The summed E-state index contributed by atoms with van der Waals surface area (Å²) in [6.45, 7) is 2.01. The number of rotatable bonds is 3. The number of halogens is 2. The Bertz CT molecular complexity index is 728. The molecular formula is C19H20F2N2O. The van der Waals surface area contributed by atoms with Crippen molar-refractivity contribution in [3.05, 3.63) is 53.9 Å². The van der Waals surface area contributed by atoms with Crippen LogP contribution in [0, 0.1) is 6.92 Å². The van der Waals surface area contributed by atoms with E-state index in [9.17, 15) is 13.6 Å². The number of carbonyl (C=O) groups excluding carboxylic acids is 1. The van der Waals surface area contributed by atoms with Gasteiger partial charge in [0.15, 0.2) is 0 Å². The molecule has 1 aromatic carbocycles. The maximum absolute atomic E-state index is 13.5. The zero-order valence-corrected chi connectivity index (χ0v) is 13.6. The average molecular weight is 330 g/mol. The van der Waals surface area contributed by atoms with Crippen LogP contribution in [0.2, 0.25) is 0 Å². The first kappa shape index (κ1) is 16.6. The lowest BCUT2D eigenvalue weighted by atomic mass is 9.92. The maximum atomic E-state index is 13.5. The number of alkyl halides is 2. The van der Waals surface area contributed by atoms with Gasteiger partial charge in [0, 0.05) is 36.8 Å². The smallest absolute Gasteiger partial charge is 0.253 e. The number of carbonyl (C=O) groups is 1. The van der Waals surface area contributed by atoms with Gasteiger partial charge in [-0.3, -0.25) is 9.78 Å². The van der Waals surface area contributed by atoms with Crippen LogP contribution in [-0.4, -0.2) is 22.9 Å². The van der Waals surface area contributed by atoms with Crippen LogP contribution in [0.4, 0.5) is 8.78 Å². The summed E-state index contributed by atoms with van der Waals surface area (Å²) in [4.78, 5) is 16.5. The van der Waals surface area contributed by atoms with Gasteiger partial charge in [0.1, 0.15) is 0 Å². The van der Waals surface area contributed by atoms with Crippen LogP contribution < -0.4 is 5.32 Å². The van der Waals surface area contributed by atoms with Crippen molar-refractivity contribution in [3.8, 4) is 11.1 Å².